The Bertz CT molecular complexity index is 1480. The van der Waals surface area contributed by atoms with Gasteiger partial charge in [0.05, 0.1) is 30.5 Å². The number of carbonyl (C=O) groups is 4. The highest BCUT2D eigenvalue weighted by molar-refractivity contribution is 6.39. The molecule has 13 heteroatoms. The molecule has 4 rings (SSSR count). The third kappa shape index (κ3) is 11.3. The van der Waals surface area contributed by atoms with Crippen molar-refractivity contribution in [3.63, 3.8) is 0 Å². The largest absolute Gasteiger partial charge is 0.456 e. The Labute approximate surface area is 339 Å². The molecular weight excluding hydrogens is 734 g/mol. The summed E-state index contributed by atoms with van der Waals surface area (Å²) in [5.41, 5.74) is 1.61. The Hall–Kier alpha value is -2.78. The minimum Gasteiger partial charge on any atom is -0.456 e. The van der Waals surface area contributed by atoms with Gasteiger partial charge in [-0.15, -0.1) is 6.58 Å². The van der Waals surface area contributed by atoms with Gasteiger partial charge in [0.1, 0.15) is 24.0 Å². The standard InChI is InChI=1S/C44H69NO12/c1-10-13-31-19-25(2)18-26(3)20-37(54-8)40-38(55-9)22-28(5)44(52,57-40)41(49)42(50)45-17-12-11-14-32(45)43(51)56-39(29(6)34(47)24-35(31)48)27(4)21-30-15-16-33(46)36(23-30)53-7/h10,19,21,26,28-34,36-40,46-47,52H,1,11-18,20,22-24H2,2-9H3/t26-,28-,29-,30-,31-,32-,33+,34+,36+,37-,38+,39-,40-,44+/m1/s1. The van der Waals surface area contributed by atoms with E-state index >= 15 is 0 Å². The zero-order valence-electron chi connectivity index (χ0n) is 35.4. The number of ketones is 2. The molecular formula is C44H69NO12. The third-order valence-electron chi connectivity index (χ3n) is 12.9. The van der Waals surface area contributed by atoms with Crippen LogP contribution in [0.5, 0.6) is 0 Å². The second-order valence-electron chi connectivity index (χ2n) is 17.3. The monoisotopic (exact) mass is 803 g/mol. The summed E-state index contributed by atoms with van der Waals surface area (Å²) in [6, 6.07) is -1.14. The van der Waals surface area contributed by atoms with E-state index in [9.17, 15) is 34.5 Å². The molecule has 322 valence electrons. The Morgan fingerprint density at radius 3 is 2.25 bits per heavy atom. The lowest BCUT2D eigenvalue weighted by atomic mass is 9.81. The summed E-state index contributed by atoms with van der Waals surface area (Å²) in [5, 5.41) is 34.1. The van der Waals surface area contributed by atoms with Gasteiger partial charge in [0.25, 0.3) is 11.7 Å². The van der Waals surface area contributed by atoms with Crippen LogP contribution in [0.3, 0.4) is 0 Å². The van der Waals surface area contributed by atoms with Crippen LogP contribution in [-0.4, -0.2) is 126 Å². The first-order chi connectivity index (χ1) is 27.0. The van der Waals surface area contributed by atoms with E-state index in [4.69, 9.17) is 23.7 Å². The topological polar surface area (TPSA) is 178 Å². The van der Waals surface area contributed by atoms with E-state index in [-0.39, 0.29) is 49.5 Å². The summed E-state index contributed by atoms with van der Waals surface area (Å²) in [6.07, 6.45) is 4.93. The van der Waals surface area contributed by atoms with Crippen molar-refractivity contribution >= 4 is 23.4 Å². The van der Waals surface area contributed by atoms with Crippen LogP contribution in [0, 0.1) is 29.6 Å². The minimum absolute atomic E-state index is 0.00988. The summed E-state index contributed by atoms with van der Waals surface area (Å²) in [7, 11) is 4.61. The lowest BCUT2D eigenvalue weighted by Gasteiger charge is -2.47. The molecule has 0 aromatic rings. The first-order valence-corrected chi connectivity index (χ1v) is 20.9. The molecule has 13 nitrogen and oxygen atoms in total. The maximum Gasteiger partial charge on any atom is 0.329 e. The average molecular weight is 804 g/mol. The molecule has 3 aliphatic heterocycles. The fraction of sp³-hybridized carbons (Fsp3) is 0.773. The number of hydrogen-bond acceptors (Lipinski definition) is 12. The number of nitrogens with zero attached hydrogens (tertiary/aromatic N) is 1. The van der Waals surface area contributed by atoms with Crippen molar-refractivity contribution in [1.82, 2.24) is 4.90 Å². The molecule has 2 saturated heterocycles. The van der Waals surface area contributed by atoms with Crippen molar-refractivity contribution in [2.75, 3.05) is 27.9 Å². The molecule has 4 aliphatic rings. The normalized spacial score (nSPS) is 40.1. The molecule has 14 atom stereocenters. The van der Waals surface area contributed by atoms with Crippen LogP contribution in [0.25, 0.3) is 0 Å². The predicted octanol–water partition coefficient (Wildman–Crippen LogP) is 4.64. The van der Waals surface area contributed by atoms with Crippen molar-refractivity contribution in [3.8, 4) is 0 Å². The van der Waals surface area contributed by atoms with Crippen LogP contribution >= 0.6 is 0 Å². The second-order valence-corrected chi connectivity index (χ2v) is 17.3. The van der Waals surface area contributed by atoms with Crippen LogP contribution in [0.15, 0.2) is 36.0 Å². The summed E-state index contributed by atoms with van der Waals surface area (Å²) in [6.45, 7) is 13.1. The number of Topliss-reactive ketones (excluding diaryl/α,β-unsaturated/α-hetero) is 2. The lowest BCUT2D eigenvalue weighted by molar-refractivity contribution is -0.302. The van der Waals surface area contributed by atoms with Gasteiger partial charge in [0.15, 0.2) is 0 Å². The maximum absolute atomic E-state index is 14.3. The first-order valence-electron chi connectivity index (χ1n) is 20.9. The van der Waals surface area contributed by atoms with E-state index in [2.05, 4.69) is 6.58 Å². The first kappa shape index (κ1) is 46.9. The minimum atomic E-state index is -2.51. The van der Waals surface area contributed by atoms with Gasteiger partial charge in [-0.3, -0.25) is 14.4 Å². The Morgan fingerprint density at radius 2 is 1.60 bits per heavy atom. The summed E-state index contributed by atoms with van der Waals surface area (Å²) in [5.74, 6) is -7.76. The Kier molecular flexibility index (Phi) is 17.2. The van der Waals surface area contributed by atoms with E-state index in [0.717, 1.165) is 5.57 Å². The van der Waals surface area contributed by atoms with Crippen LogP contribution in [0.2, 0.25) is 0 Å². The lowest BCUT2D eigenvalue weighted by Crippen LogP contribution is -2.64. The number of methoxy groups -OCH3 is 3. The van der Waals surface area contributed by atoms with E-state index in [1.165, 1.54) is 19.1 Å². The maximum atomic E-state index is 14.3. The molecule has 3 heterocycles. The van der Waals surface area contributed by atoms with Crippen molar-refractivity contribution in [3.05, 3.63) is 36.0 Å². The van der Waals surface area contributed by atoms with Gasteiger partial charge in [-0.05, 0) is 95.5 Å². The molecule has 2 bridgehead atoms. The van der Waals surface area contributed by atoms with E-state index < -0.39 is 83.9 Å². The highest BCUT2D eigenvalue weighted by Crippen LogP contribution is 2.39. The van der Waals surface area contributed by atoms with Crippen molar-refractivity contribution in [2.24, 2.45) is 29.6 Å². The molecule has 3 fully saturated rings. The smallest absolute Gasteiger partial charge is 0.329 e. The molecule has 1 saturated carbocycles. The number of amides is 1. The zero-order valence-corrected chi connectivity index (χ0v) is 35.4. The van der Waals surface area contributed by atoms with Crippen molar-refractivity contribution < 1.29 is 58.2 Å². The predicted molar refractivity (Wildman–Crippen MR) is 213 cm³/mol. The van der Waals surface area contributed by atoms with Gasteiger partial charge in [-0.1, -0.05) is 44.6 Å². The number of carbonyl (C=O) groups excluding carboxylic acids is 4. The van der Waals surface area contributed by atoms with Gasteiger partial charge in [0.2, 0.25) is 5.79 Å². The number of hydrogen-bond donors (Lipinski definition) is 3. The van der Waals surface area contributed by atoms with Gasteiger partial charge in [0, 0.05) is 52.0 Å². The molecule has 3 N–H and O–H groups in total. The number of rotatable bonds is 7. The molecule has 0 aromatic carbocycles. The van der Waals surface area contributed by atoms with Crippen LogP contribution in [0.1, 0.15) is 105 Å². The number of aliphatic hydroxyl groups is 3. The Balaban J connectivity index is 1.78. The molecule has 57 heavy (non-hydrogen) atoms. The third-order valence-corrected chi connectivity index (χ3v) is 12.9. The number of fused-ring (bicyclic) bond motifs is 3. The summed E-state index contributed by atoms with van der Waals surface area (Å²) < 4.78 is 29.7. The molecule has 0 radical (unpaired) electrons. The second kappa shape index (κ2) is 21.0. The molecule has 0 aromatic heterocycles. The SMILES string of the molecule is C=CC[C@@H]1C=C(C)C[C@@H](C)C[C@@H](OC)[C@H]2O[C@](O)(C(=O)C(=O)N3CCCC[C@@H]3C(=O)O[C@H](C(C)=C[C@H]3CC[C@H](O)[C@@H](OC)C3)[C@H](C)[C@@H](O)CC1=O)[C@H](C)C[C@@H]2OC. The van der Waals surface area contributed by atoms with Crippen LogP contribution < -0.4 is 0 Å². The number of allylic oxidation sites excluding steroid dienone is 4. The van der Waals surface area contributed by atoms with Gasteiger partial charge >= 0.3 is 5.97 Å². The number of esters is 1. The highest BCUT2D eigenvalue weighted by Gasteiger charge is 2.56. The van der Waals surface area contributed by atoms with E-state index in [1.54, 1.807) is 27.0 Å². The molecule has 1 aliphatic carbocycles. The van der Waals surface area contributed by atoms with Gasteiger partial charge in [-0.2, -0.15) is 0 Å². The van der Waals surface area contributed by atoms with Crippen LogP contribution in [-0.2, 0) is 42.9 Å². The van der Waals surface area contributed by atoms with Gasteiger partial charge < -0.3 is 43.9 Å². The van der Waals surface area contributed by atoms with Gasteiger partial charge in [-0.25, -0.2) is 4.79 Å². The number of aliphatic hydroxyl groups excluding tert-OH is 2. The number of cyclic esters (lactones) is 1. The van der Waals surface area contributed by atoms with Crippen molar-refractivity contribution in [1.29, 1.82) is 0 Å². The fourth-order valence-electron chi connectivity index (χ4n) is 9.42. The molecule has 0 unspecified atom stereocenters. The van der Waals surface area contributed by atoms with Crippen molar-refractivity contribution in [2.45, 2.75) is 160 Å². The fourth-order valence-corrected chi connectivity index (χ4v) is 9.42. The Morgan fingerprint density at radius 1 is 0.930 bits per heavy atom. The quantitative estimate of drug-likeness (QED) is 0.185. The zero-order chi connectivity index (χ0) is 42.2. The number of piperidine rings is 1. The molecule has 1 amide bonds. The highest BCUT2D eigenvalue weighted by atomic mass is 16.7. The average Bonchev–Trinajstić information content (AvgIpc) is 3.18. The van der Waals surface area contributed by atoms with E-state index in [1.807, 2.05) is 32.9 Å². The number of ether oxygens (including phenoxy) is 5. The summed E-state index contributed by atoms with van der Waals surface area (Å²) in [4.78, 5) is 57.8. The van der Waals surface area contributed by atoms with Crippen LogP contribution in [0.4, 0.5) is 0 Å². The summed E-state index contributed by atoms with van der Waals surface area (Å²) >= 11 is 0. The van der Waals surface area contributed by atoms with E-state index in [0.29, 0.717) is 56.9 Å². The molecule has 0 spiro atoms.